The maximum Gasteiger partial charge on any atom is 0.322 e. The molecule has 0 amide bonds. The number of rotatable bonds is 19. The summed E-state index contributed by atoms with van der Waals surface area (Å²) < 4.78 is 5.23. The number of unbranched alkanes of at least 4 members (excludes halogenated alkanes) is 13. The molecule has 150 valence electrons. The fourth-order valence-electron chi connectivity index (χ4n) is 2.94. The van der Waals surface area contributed by atoms with Crippen LogP contribution in [0.3, 0.4) is 0 Å². The molecular weight excluding hydrogens is 330 g/mol. The molecule has 0 aliphatic rings. The van der Waals surface area contributed by atoms with Crippen LogP contribution < -0.4 is 5.73 Å². The van der Waals surface area contributed by atoms with Crippen molar-refractivity contribution >= 4 is 17.7 Å². The lowest BCUT2D eigenvalue weighted by atomic mass is 10.0. The van der Waals surface area contributed by atoms with Crippen LogP contribution in [0.15, 0.2) is 0 Å². The van der Waals surface area contributed by atoms with Gasteiger partial charge >= 0.3 is 5.97 Å². The third-order valence-electron chi connectivity index (χ3n) is 4.68. The Hall–Kier alpha value is -0.220. The molecule has 0 heterocycles. The Balaban J connectivity index is 3.17. The number of hydrogen-bond acceptors (Lipinski definition) is 4. The van der Waals surface area contributed by atoms with Crippen molar-refractivity contribution in [2.45, 2.75) is 109 Å². The minimum atomic E-state index is -0.445. The second kappa shape index (κ2) is 20.1. The molecule has 2 N–H and O–H groups in total. The molecule has 0 spiro atoms. The van der Waals surface area contributed by atoms with Gasteiger partial charge in [0.1, 0.15) is 6.04 Å². The molecule has 0 aromatic heterocycles. The monoisotopic (exact) mass is 373 g/mol. The van der Waals surface area contributed by atoms with Crippen LogP contribution in [0.5, 0.6) is 0 Å². The number of carbonyl (C=O) groups excluding carboxylic acids is 1. The molecule has 0 fully saturated rings. The Labute approximate surface area is 161 Å². The standard InChI is InChI=1S/C21H43NO2S/c1-3-4-5-6-7-8-9-10-11-12-13-14-15-16-18-24-21(23)20(22)17-19-25-2/h20H,3-19,22H2,1-2H3/t20-/m0/s1. The van der Waals surface area contributed by atoms with E-state index in [0.29, 0.717) is 13.0 Å². The van der Waals surface area contributed by atoms with E-state index >= 15 is 0 Å². The first kappa shape index (κ1) is 24.8. The zero-order chi connectivity index (χ0) is 18.6. The van der Waals surface area contributed by atoms with Gasteiger partial charge < -0.3 is 10.5 Å². The fraction of sp³-hybridized carbons (Fsp3) is 0.952. The minimum absolute atomic E-state index is 0.233. The number of hydrogen-bond donors (Lipinski definition) is 1. The van der Waals surface area contributed by atoms with Gasteiger partial charge in [-0.2, -0.15) is 11.8 Å². The largest absolute Gasteiger partial charge is 0.465 e. The predicted octanol–water partition coefficient (Wildman–Crippen LogP) is 6.09. The van der Waals surface area contributed by atoms with Gasteiger partial charge in [-0.15, -0.1) is 0 Å². The summed E-state index contributed by atoms with van der Waals surface area (Å²) in [5.41, 5.74) is 5.78. The fourth-order valence-corrected chi connectivity index (χ4v) is 3.43. The normalized spacial score (nSPS) is 12.3. The van der Waals surface area contributed by atoms with Gasteiger partial charge in [0.25, 0.3) is 0 Å². The van der Waals surface area contributed by atoms with Gasteiger partial charge in [0, 0.05) is 0 Å². The van der Waals surface area contributed by atoms with Crippen molar-refractivity contribution < 1.29 is 9.53 Å². The highest BCUT2D eigenvalue weighted by Gasteiger charge is 2.13. The second-order valence-electron chi connectivity index (χ2n) is 7.15. The van der Waals surface area contributed by atoms with Crippen LogP contribution in [0.4, 0.5) is 0 Å². The van der Waals surface area contributed by atoms with Crippen molar-refractivity contribution in [2.75, 3.05) is 18.6 Å². The van der Waals surface area contributed by atoms with Crippen molar-refractivity contribution in [3.63, 3.8) is 0 Å². The van der Waals surface area contributed by atoms with Gasteiger partial charge in [-0.3, -0.25) is 4.79 Å². The van der Waals surface area contributed by atoms with Gasteiger partial charge in [0.15, 0.2) is 0 Å². The van der Waals surface area contributed by atoms with E-state index in [1.807, 2.05) is 6.26 Å². The molecule has 4 heteroatoms. The molecule has 0 saturated heterocycles. The second-order valence-corrected chi connectivity index (χ2v) is 8.14. The maximum atomic E-state index is 11.6. The number of carbonyl (C=O) groups is 1. The molecule has 0 unspecified atom stereocenters. The van der Waals surface area contributed by atoms with Crippen LogP contribution in [0.1, 0.15) is 103 Å². The van der Waals surface area contributed by atoms with Gasteiger partial charge in [-0.1, -0.05) is 90.4 Å². The maximum absolute atomic E-state index is 11.6. The van der Waals surface area contributed by atoms with Gasteiger partial charge in [-0.05, 0) is 24.9 Å². The Morgan fingerprint density at radius 3 is 1.72 bits per heavy atom. The van der Waals surface area contributed by atoms with Crippen LogP contribution in [-0.4, -0.2) is 30.6 Å². The summed E-state index contributed by atoms with van der Waals surface area (Å²) in [7, 11) is 0. The lowest BCUT2D eigenvalue weighted by Crippen LogP contribution is -2.33. The SMILES string of the molecule is CCCCCCCCCCCCCCCCOC(=O)[C@@H](N)CCSC. The highest BCUT2D eigenvalue weighted by molar-refractivity contribution is 7.98. The molecular formula is C21H43NO2S. The summed E-state index contributed by atoms with van der Waals surface area (Å²) in [6.45, 7) is 2.81. The van der Waals surface area contributed by atoms with Crippen LogP contribution in [0.2, 0.25) is 0 Å². The average molecular weight is 374 g/mol. The van der Waals surface area contributed by atoms with E-state index in [2.05, 4.69) is 6.92 Å². The van der Waals surface area contributed by atoms with E-state index in [0.717, 1.165) is 18.6 Å². The minimum Gasteiger partial charge on any atom is -0.465 e. The first-order valence-electron chi connectivity index (χ1n) is 10.6. The van der Waals surface area contributed by atoms with E-state index in [1.54, 1.807) is 11.8 Å². The molecule has 0 aromatic rings. The van der Waals surface area contributed by atoms with Crippen molar-refractivity contribution in [3.8, 4) is 0 Å². The molecule has 3 nitrogen and oxygen atoms in total. The molecule has 0 bridgehead atoms. The van der Waals surface area contributed by atoms with Crippen molar-refractivity contribution in [2.24, 2.45) is 5.73 Å². The molecule has 0 aromatic carbocycles. The molecule has 0 aliphatic heterocycles. The van der Waals surface area contributed by atoms with Crippen LogP contribution in [0, 0.1) is 0 Å². The smallest absolute Gasteiger partial charge is 0.322 e. The van der Waals surface area contributed by atoms with E-state index in [4.69, 9.17) is 10.5 Å². The summed E-state index contributed by atoms with van der Waals surface area (Å²) in [5.74, 6) is 0.679. The number of thioether (sulfide) groups is 1. The average Bonchev–Trinajstić information content (AvgIpc) is 2.62. The first-order chi connectivity index (χ1) is 12.2. The highest BCUT2D eigenvalue weighted by atomic mass is 32.2. The van der Waals surface area contributed by atoms with E-state index in [9.17, 15) is 4.79 Å². The summed E-state index contributed by atoms with van der Waals surface area (Å²) >= 11 is 1.71. The van der Waals surface area contributed by atoms with E-state index in [1.165, 1.54) is 77.0 Å². The van der Waals surface area contributed by atoms with Gasteiger partial charge in [0.05, 0.1) is 6.61 Å². The molecule has 0 saturated carbocycles. The third-order valence-corrected chi connectivity index (χ3v) is 5.32. The quantitative estimate of drug-likeness (QED) is 0.220. The lowest BCUT2D eigenvalue weighted by Gasteiger charge is -2.10. The van der Waals surface area contributed by atoms with Crippen molar-refractivity contribution in [1.29, 1.82) is 0 Å². The topological polar surface area (TPSA) is 52.3 Å². The zero-order valence-electron chi connectivity index (χ0n) is 16.9. The number of esters is 1. The third kappa shape index (κ3) is 18.4. The van der Waals surface area contributed by atoms with Crippen LogP contribution >= 0.6 is 11.8 Å². The Bertz CT molecular complexity index is 287. The summed E-state index contributed by atoms with van der Waals surface area (Å²) in [5, 5.41) is 0. The lowest BCUT2D eigenvalue weighted by molar-refractivity contribution is -0.145. The van der Waals surface area contributed by atoms with E-state index < -0.39 is 6.04 Å². The van der Waals surface area contributed by atoms with Crippen molar-refractivity contribution in [1.82, 2.24) is 0 Å². The summed E-state index contributed by atoms with van der Waals surface area (Å²) in [6.07, 6.45) is 21.4. The Kier molecular flexibility index (Phi) is 19.9. The zero-order valence-corrected chi connectivity index (χ0v) is 17.7. The predicted molar refractivity (Wildman–Crippen MR) is 112 cm³/mol. The Morgan fingerprint density at radius 2 is 1.28 bits per heavy atom. The molecule has 0 radical (unpaired) electrons. The highest BCUT2D eigenvalue weighted by Crippen LogP contribution is 2.13. The summed E-state index contributed by atoms with van der Waals surface area (Å²) in [4.78, 5) is 11.6. The van der Waals surface area contributed by atoms with Crippen LogP contribution in [-0.2, 0) is 9.53 Å². The first-order valence-corrected chi connectivity index (χ1v) is 12.0. The molecule has 0 aliphatic carbocycles. The summed E-state index contributed by atoms with van der Waals surface area (Å²) in [6, 6.07) is -0.445. The Morgan fingerprint density at radius 1 is 0.840 bits per heavy atom. The number of nitrogens with two attached hydrogens (primary N) is 1. The van der Waals surface area contributed by atoms with Crippen LogP contribution in [0.25, 0.3) is 0 Å². The van der Waals surface area contributed by atoms with Gasteiger partial charge in [0.2, 0.25) is 0 Å². The molecule has 25 heavy (non-hydrogen) atoms. The van der Waals surface area contributed by atoms with Crippen molar-refractivity contribution in [3.05, 3.63) is 0 Å². The molecule has 1 atom stereocenters. The number of ether oxygens (including phenoxy) is 1. The van der Waals surface area contributed by atoms with E-state index in [-0.39, 0.29) is 5.97 Å². The van der Waals surface area contributed by atoms with Gasteiger partial charge in [-0.25, -0.2) is 0 Å². The molecule has 0 rings (SSSR count).